The summed E-state index contributed by atoms with van der Waals surface area (Å²) < 4.78 is 0. The largest absolute Gasteiger partial charge is 0.0955 e. The predicted octanol–water partition coefficient (Wildman–Crippen LogP) is 8.65. The first-order chi connectivity index (χ1) is 12.5. The molecular formula is C27H40. The zero-order chi connectivity index (χ0) is 20.2. The fourth-order valence-electron chi connectivity index (χ4n) is 4.83. The molecule has 0 heterocycles. The summed E-state index contributed by atoms with van der Waals surface area (Å²) in [6.45, 7) is 22.6. The van der Waals surface area contributed by atoms with Crippen molar-refractivity contribution in [2.75, 3.05) is 0 Å². The minimum Gasteiger partial charge on any atom is -0.0955 e. The Labute approximate surface area is 168 Å². The van der Waals surface area contributed by atoms with Crippen LogP contribution in [0.3, 0.4) is 0 Å². The number of hydrogen-bond acceptors (Lipinski definition) is 0. The molecule has 0 amide bonds. The third kappa shape index (κ3) is 5.71. The molecule has 0 spiro atoms. The Morgan fingerprint density at radius 2 is 1.15 bits per heavy atom. The van der Waals surface area contributed by atoms with Gasteiger partial charge in [-0.25, -0.2) is 0 Å². The first-order valence-electron chi connectivity index (χ1n) is 10.6. The number of hydrogen-bond donors (Lipinski definition) is 0. The second-order valence-electron chi connectivity index (χ2n) is 10.0. The molecule has 0 aromatic carbocycles. The highest BCUT2D eigenvalue weighted by Gasteiger charge is 2.27. The highest BCUT2D eigenvalue weighted by Crippen LogP contribution is 2.42. The molecule has 0 radical (unpaired) electrons. The molecule has 2 aliphatic rings. The van der Waals surface area contributed by atoms with Crippen molar-refractivity contribution in [2.24, 2.45) is 10.8 Å². The van der Waals surface area contributed by atoms with Crippen LogP contribution in [0.1, 0.15) is 86.5 Å². The molecule has 0 bridgehead atoms. The van der Waals surface area contributed by atoms with E-state index in [0.29, 0.717) is 0 Å². The van der Waals surface area contributed by atoms with Crippen LogP contribution in [-0.4, -0.2) is 0 Å². The third-order valence-corrected chi connectivity index (χ3v) is 6.51. The highest BCUT2D eigenvalue weighted by molar-refractivity contribution is 5.39. The lowest BCUT2D eigenvalue weighted by atomic mass is 9.72. The molecule has 0 atom stereocenters. The quantitative estimate of drug-likeness (QED) is 0.414. The van der Waals surface area contributed by atoms with Crippen molar-refractivity contribution in [3.63, 3.8) is 0 Å². The van der Waals surface area contributed by atoms with Crippen LogP contribution in [0.25, 0.3) is 0 Å². The molecule has 0 saturated carbocycles. The zero-order valence-electron chi connectivity index (χ0n) is 18.7. The van der Waals surface area contributed by atoms with Crippen LogP contribution in [0.15, 0.2) is 70.9 Å². The molecule has 0 aromatic heterocycles. The summed E-state index contributed by atoms with van der Waals surface area (Å²) in [5, 5.41) is 0. The maximum Gasteiger partial charge on any atom is -0.00375 e. The summed E-state index contributed by atoms with van der Waals surface area (Å²) in [4.78, 5) is 0. The first-order valence-corrected chi connectivity index (χ1v) is 10.6. The molecule has 0 aromatic rings. The fourth-order valence-corrected chi connectivity index (χ4v) is 4.83. The van der Waals surface area contributed by atoms with Gasteiger partial charge in [0.1, 0.15) is 0 Å². The smallest absolute Gasteiger partial charge is 0.00375 e. The lowest BCUT2D eigenvalue weighted by molar-refractivity contribution is 0.376. The van der Waals surface area contributed by atoms with E-state index in [-0.39, 0.29) is 10.8 Å². The molecule has 0 N–H and O–H groups in total. The van der Waals surface area contributed by atoms with Crippen molar-refractivity contribution in [3.8, 4) is 0 Å². The van der Waals surface area contributed by atoms with Gasteiger partial charge in [0.25, 0.3) is 0 Å². The fraction of sp³-hybridized carbons (Fsp3) is 0.556. The minimum absolute atomic E-state index is 0.284. The molecule has 2 rings (SSSR count). The van der Waals surface area contributed by atoms with E-state index >= 15 is 0 Å². The summed E-state index contributed by atoms with van der Waals surface area (Å²) in [5.41, 5.74) is 8.92. The Morgan fingerprint density at radius 1 is 0.778 bits per heavy atom. The van der Waals surface area contributed by atoms with Gasteiger partial charge in [0.2, 0.25) is 0 Å². The lowest BCUT2D eigenvalue weighted by Gasteiger charge is -2.33. The monoisotopic (exact) mass is 364 g/mol. The van der Waals surface area contributed by atoms with E-state index in [9.17, 15) is 0 Å². The van der Waals surface area contributed by atoms with Crippen LogP contribution < -0.4 is 0 Å². The van der Waals surface area contributed by atoms with Gasteiger partial charge in [0.05, 0.1) is 0 Å². The van der Waals surface area contributed by atoms with Gasteiger partial charge in [-0.3, -0.25) is 0 Å². The summed E-state index contributed by atoms with van der Waals surface area (Å²) in [6, 6.07) is 0. The summed E-state index contributed by atoms with van der Waals surface area (Å²) >= 11 is 0. The van der Waals surface area contributed by atoms with Crippen molar-refractivity contribution in [3.05, 3.63) is 70.9 Å². The number of allylic oxidation sites excluding steroid dienone is 10. The zero-order valence-corrected chi connectivity index (χ0v) is 18.7. The van der Waals surface area contributed by atoms with Gasteiger partial charge in [-0.2, -0.15) is 0 Å². The molecule has 0 unspecified atom stereocenters. The van der Waals surface area contributed by atoms with E-state index < -0.39 is 0 Å². The number of rotatable bonds is 6. The Hall–Kier alpha value is -1.56. The summed E-state index contributed by atoms with van der Waals surface area (Å²) in [7, 11) is 0. The molecule has 0 nitrogen and oxygen atoms in total. The van der Waals surface area contributed by atoms with Crippen LogP contribution in [0.2, 0.25) is 0 Å². The molecule has 2 aliphatic carbocycles. The second-order valence-corrected chi connectivity index (χ2v) is 10.0. The van der Waals surface area contributed by atoms with Crippen molar-refractivity contribution >= 4 is 0 Å². The summed E-state index contributed by atoms with van der Waals surface area (Å²) in [6.07, 6.45) is 17.5. The van der Waals surface area contributed by atoms with Gasteiger partial charge in [-0.15, -0.1) is 0 Å². The average Bonchev–Trinajstić information content (AvgIpc) is 2.52. The Bertz CT molecular complexity index is 651. The van der Waals surface area contributed by atoms with Crippen LogP contribution in [0.4, 0.5) is 0 Å². The van der Waals surface area contributed by atoms with Gasteiger partial charge in [0, 0.05) is 0 Å². The van der Waals surface area contributed by atoms with Crippen molar-refractivity contribution in [1.82, 2.24) is 0 Å². The van der Waals surface area contributed by atoms with Crippen LogP contribution in [-0.2, 0) is 0 Å². The lowest BCUT2D eigenvalue weighted by Crippen LogP contribution is -2.19. The van der Waals surface area contributed by atoms with Gasteiger partial charge < -0.3 is 0 Å². The standard InChI is InChI=1S/C27H40/c1-20(13-15-24-22(3)11-9-17-26(24,5)6)19-21(2)14-16-25-23(4)12-10-18-27(25,7)8/h13-16H,1-2,9-12,17-19H2,3-8H3/b15-13+,16-14+. The average molecular weight is 365 g/mol. The van der Waals surface area contributed by atoms with Gasteiger partial charge in [0.15, 0.2) is 0 Å². The van der Waals surface area contributed by atoms with E-state index in [1.165, 1.54) is 60.8 Å². The van der Waals surface area contributed by atoms with Gasteiger partial charge in [-0.1, -0.05) is 87.4 Å². The maximum absolute atomic E-state index is 4.27. The van der Waals surface area contributed by atoms with Crippen LogP contribution in [0, 0.1) is 10.8 Å². The molecule has 0 aliphatic heterocycles. The summed E-state index contributed by atoms with van der Waals surface area (Å²) in [5.74, 6) is 0. The normalized spacial score (nSPS) is 22.7. The molecule has 0 heteroatoms. The molecule has 27 heavy (non-hydrogen) atoms. The minimum atomic E-state index is 0.284. The highest BCUT2D eigenvalue weighted by atomic mass is 14.3. The first kappa shape index (κ1) is 21.7. The third-order valence-electron chi connectivity index (χ3n) is 6.51. The van der Waals surface area contributed by atoms with E-state index in [1.807, 2.05) is 0 Å². The molecule has 0 fully saturated rings. The molecule has 0 saturated heterocycles. The van der Waals surface area contributed by atoms with Gasteiger partial charge >= 0.3 is 0 Å². The van der Waals surface area contributed by atoms with E-state index in [2.05, 4.69) is 79.0 Å². The maximum atomic E-state index is 4.27. The van der Waals surface area contributed by atoms with Crippen LogP contribution >= 0.6 is 0 Å². The second kappa shape index (κ2) is 8.63. The van der Waals surface area contributed by atoms with Crippen LogP contribution in [0.5, 0.6) is 0 Å². The predicted molar refractivity (Wildman–Crippen MR) is 122 cm³/mol. The molecular weight excluding hydrogens is 324 g/mol. The Balaban J connectivity index is 2.01. The topological polar surface area (TPSA) is 0 Å². The van der Waals surface area contributed by atoms with Crippen molar-refractivity contribution in [2.45, 2.75) is 86.5 Å². The molecule has 148 valence electrons. The Kier molecular flexibility index (Phi) is 6.95. The van der Waals surface area contributed by atoms with Crippen molar-refractivity contribution < 1.29 is 0 Å². The van der Waals surface area contributed by atoms with E-state index in [4.69, 9.17) is 0 Å². The van der Waals surface area contributed by atoms with Gasteiger partial charge in [-0.05, 0) is 80.8 Å². The Morgan fingerprint density at radius 3 is 1.48 bits per heavy atom. The van der Waals surface area contributed by atoms with E-state index in [0.717, 1.165) is 17.6 Å². The SMILES string of the molecule is C=C(/C=C/C1=C(C)CCCC1(C)C)CC(=C)/C=C/C1=C(C)CCCC1(C)C. The van der Waals surface area contributed by atoms with Crippen molar-refractivity contribution in [1.29, 1.82) is 0 Å². The van der Waals surface area contributed by atoms with E-state index in [1.54, 1.807) is 0 Å².